The van der Waals surface area contributed by atoms with E-state index < -0.39 is 10.0 Å². The smallest absolute Gasteiger partial charge is 0.248 e. The Morgan fingerprint density at radius 3 is 2.75 bits per heavy atom. The summed E-state index contributed by atoms with van der Waals surface area (Å²) in [6, 6.07) is 0. The highest BCUT2D eigenvalue weighted by molar-refractivity contribution is 7.89. The highest BCUT2D eigenvalue weighted by Gasteiger charge is 2.26. The number of nitrogens with zero attached hydrogens (tertiary/aromatic N) is 3. The highest BCUT2D eigenvalue weighted by atomic mass is 32.2. The summed E-state index contributed by atoms with van der Waals surface area (Å²) in [5, 5.41) is 6.41. The standard InChI is InChI=1S/C11H21N5O3S/c1-4-6-16-8-9(11(12)14-16)20(18,19)15(3)7-5-10(17)13-2/h8H,4-7H2,1-3H3,(H2,12,14)(H,13,17). The van der Waals surface area contributed by atoms with Gasteiger partial charge in [-0.25, -0.2) is 12.7 Å². The van der Waals surface area contributed by atoms with Crippen LogP contribution in [0.3, 0.4) is 0 Å². The minimum Gasteiger partial charge on any atom is -0.381 e. The number of carbonyl (C=O) groups excluding carboxylic acids is 1. The molecule has 0 spiro atoms. The van der Waals surface area contributed by atoms with Crippen LogP contribution in [0.2, 0.25) is 0 Å². The normalized spacial score (nSPS) is 11.8. The summed E-state index contributed by atoms with van der Waals surface area (Å²) in [4.78, 5) is 11.1. The van der Waals surface area contributed by atoms with Gasteiger partial charge in [-0.2, -0.15) is 5.10 Å². The molecule has 8 nitrogen and oxygen atoms in total. The lowest BCUT2D eigenvalue weighted by atomic mass is 10.4. The van der Waals surface area contributed by atoms with Crippen LogP contribution in [0.25, 0.3) is 0 Å². The van der Waals surface area contributed by atoms with Crippen molar-refractivity contribution in [3.8, 4) is 0 Å². The zero-order valence-corrected chi connectivity index (χ0v) is 12.8. The van der Waals surface area contributed by atoms with Gasteiger partial charge in [0.25, 0.3) is 0 Å². The number of nitrogens with one attached hydrogen (secondary N) is 1. The van der Waals surface area contributed by atoms with Crippen molar-refractivity contribution in [2.45, 2.75) is 31.2 Å². The van der Waals surface area contributed by atoms with E-state index in [2.05, 4.69) is 10.4 Å². The predicted octanol–water partition coefficient (Wildman–Crippen LogP) is -0.368. The van der Waals surface area contributed by atoms with Crippen molar-refractivity contribution in [1.82, 2.24) is 19.4 Å². The molecule has 0 unspecified atom stereocenters. The summed E-state index contributed by atoms with van der Waals surface area (Å²) in [6.45, 7) is 2.64. The van der Waals surface area contributed by atoms with E-state index in [0.29, 0.717) is 6.54 Å². The number of hydrogen-bond acceptors (Lipinski definition) is 5. The topological polar surface area (TPSA) is 110 Å². The van der Waals surface area contributed by atoms with Crippen LogP contribution in [-0.4, -0.2) is 49.1 Å². The van der Waals surface area contributed by atoms with Crippen LogP contribution in [0.4, 0.5) is 5.82 Å². The summed E-state index contributed by atoms with van der Waals surface area (Å²) in [7, 11) is -0.811. The second-order valence-corrected chi connectivity index (χ2v) is 6.40. The van der Waals surface area contributed by atoms with Gasteiger partial charge in [0, 0.05) is 39.8 Å². The number of nitrogens with two attached hydrogens (primary N) is 1. The van der Waals surface area contributed by atoms with E-state index >= 15 is 0 Å². The van der Waals surface area contributed by atoms with Gasteiger partial charge in [-0.05, 0) is 6.42 Å². The molecule has 0 bridgehead atoms. The number of rotatable bonds is 7. The van der Waals surface area contributed by atoms with Crippen molar-refractivity contribution in [2.75, 3.05) is 26.4 Å². The Hall–Kier alpha value is -1.61. The monoisotopic (exact) mass is 303 g/mol. The zero-order chi connectivity index (χ0) is 15.3. The number of aromatic nitrogens is 2. The van der Waals surface area contributed by atoms with Crippen LogP contribution in [0.1, 0.15) is 19.8 Å². The number of anilines is 1. The summed E-state index contributed by atoms with van der Waals surface area (Å²) >= 11 is 0. The quantitative estimate of drug-likeness (QED) is 0.714. The van der Waals surface area contributed by atoms with Gasteiger partial charge in [0.15, 0.2) is 5.82 Å². The minimum atomic E-state index is -3.73. The van der Waals surface area contributed by atoms with Crippen molar-refractivity contribution in [2.24, 2.45) is 0 Å². The minimum absolute atomic E-state index is 0.0228. The number of sulfonamides is 1. The molecule has 1 aromatic heterocycles. The molecule has 0 saturated carbocycles. The van der Waals surface area contributed by atoms with Crippen LogP contribution in [-0.2, 0) is 21.4 Å². The van der Waals surface area contributed by atoms with Crippen LogP contribution < -0.4 is 11.1 Å². The van der Waals surface area contributed by atoms with E-state index in [1.807, 2.05) is 6.92 Å². The molecule has 0 aliphatic carbocycles. The van der Waals surface area contributed by atoms with Gasteiger partial charge in [0.1, 0.15) is 4.90 Å². The first-order valence-corrected chi connectivity index (χ1v) is 7.76. The molecule has 1 aromatic rings. The molecule has 0 aliphatic rings. The summed E-state index contributed by atoms with van der Waals surface area (Å²) in [6.07, 6.45) is 2.34. The molecule has 0 aromatic carbocycles. The molecule has 0 radical (unpaired) electrons. The molecule has 1 rings (SSSR count). The third-order valence-electron chi connectivity index (χ3n) is 2.83. The maximum atomic E-state index is 12.3. The maximum Gasteiger partial charge on any atom is 0.248 e. The third-order valence-corrected chi connectivity index (χ3v) is 4.70. The fourth-order valence-electron chi connectivity index (χ4n) is 1.63. The average molecular weight is 303 g/mol. The van der Waals surface area contributed by atoms with Gasteiger partial charge < -0.3 is 11.1 Å². The van der Waals surface area contributed by atoms with Gasteiger partial charge in [-0.15, -0.1) is 0 Å². The molecule has 1 heterocycles. The Balaban J connectivity index is 2.89. The molecule has 1 amide bonds. The first kappa shape index (κ1) is 16.4. The van der Waals surface area contributed by atoms with Gasteiger partial charge in [0.2, 0.25) is 15.9 Å². The molecular formula is C11H21N5O3S. The van der Waals surface area contributed by atoms with Crippen molar-refractivity contribution >= 4 is 21.7 Å². The molecule has 20 heavy (non-hydrogen) atoms. The van der Waals surface area contributed by atoms with Crippen molar-refractivity contribution in [1.29, 1.82) is 0 Å². The fraction of sp³-hybridized carbons (Fsp3) is 0.636. The van der Waals surface area contributed by atoms with Crippen molar-refractivity contribution in [3.05, 3.63) is 6.20 Å². The van der Waals surface area contributed by atoms with E-state index in [1.54, 1.807) is 0 Å². The Labute approximate surface area is 119 Å². The number of amides is 1. The lowest BCUT2D eigenvalue weighted by Crippen LogP contribution is -2.31. The zero-order valence-electron chi connectivity index (χ0n) is 12.0. The Morgan fingerprint density at radius 1 is 1.55 bits per heavy atom. The second kappa shape index (κ2) is 6.71. The second-order valence-electron chi connectivity index (χ2n) is 4.39. The van der Waals surface area contributed by atoms with E-state index in [1.165, 1.54) is 25.0 Å². The first-order chi connectivity index (χ1) is 9.32. The predicted molar refractivity (Wildman–Crippen MR) is 75.4 cm³/mol. The number of aryl methyl sites for hydroxylation is 1. The molecule has 114 valence electrons. The summed E-state index contributed by atoms with van der Waals surface area (Å²) in [5.41, 5.74) is 5.66. The van der Waals surface area contributed by atoms with Gasteiger partial charge in [-0.1, -0.05) is 6.92 Å². The SMILES string of the molecule is CCCn1cc(S(=O)(=O)N(C)CCC(=O)NC)c(N)n1. The van der Waals surface area contributed by atoms with Gasteiger partial charge >= 0.3 is 0 Å². The van der Waals surface area contributed by atoms with E-state index in [-0.39, 0.29) is 29.6 Å². The number of hydrogen-bond donors (Lipinski definition) is 2. The Kier molecular flexibility index (Phi) is 5.52. The fourth-order valence-corrected chi connectivity index (χ4v) is 2.86. The Bertz CT molecular complexity index is 567. The van der Waals surface area contributed by atoms with Crippen molar-refractivity contribution < 1.29 is 13.2 Å². The number of carbonyl (C=O) groups is 1. The van der Waals surface area contributed by atoms with Gasteiger partial charge in [-0.3, -0.25) is 9.48 Å². The summed E-state index contributed by atoms with van der Waals surface area (Å²) < 4.78 is 27.3. The van der Waals surface area contributed by atoms with Gasteiger partial charge in [0.05, 0.1) is 0 Å². The van der Waals surface area contributed by atoms with Crippen LogP contribution >= 0.6 is 0 Å². The lowest BCUT2D eigenvalue weighted by molar-refractivity contribution is -0.120. The Morgan fingerprint density at radius 2 is 2.20 bits per heavy atom. The first-order valence-electron chi connectivity index (χ1n) is 6.32. The maximum absolute atomic E-state index is 12.3. The van der Waals surface area contributed by atoms with E-state index in [4.69, 9.17) is 5.73 Å². The molecular weight excluding hydrogens is 282 g/mol. The average Bonchev–Trinajstić information content (AvgIpc) is 2.77. The van der Waals surface area contributed by atoms with E-state index in [0.717, 1.165) is 10.7 Å². The van der Waals surface area contributed by atoms with E-state index in [9.17, 15) is 13.2 Å². The third kappa shape index (κ3) is 3.70. The summed E-state index contributed by atoms with van der Waals surface area (Å²) in [5.74, 6) is -0.244. The largest absolute Gasteiger partial charge is 0.381 e. The lowest BCUT2D eigenvalue weighted by Gasteiger charge is -2.15. The molecule has 0 fully saturated rings. The number of nitrogen functional groups attached to an aromatic ring is 1. The molecule has 3 N–H and O–H groups in total. The van der Waals surface area contributed by atoms with Crippen molar-refractivity contribution in [3.63, 3.8) is 0 Å². The molecule has 0 saturated heterocycles. The van der Waals surface area contributed by atoms with Crippen LogP contribution in [0.5, 0.6) is 0 Å². The highest BCUT2D eigenvalue weighted by Crippen LogP contribution is 2.20. The molecule has 0 atom stereocenters. The molecule has 9 heteroatoms. The molecule has 0 aliphatic heterocycles. The van der Waals surface area contributed by atoms with Crippen LogP contribution in [0.15, 0.2) is 11.1 Å². The van der Waals surface area contributed by atoms with Crippen LogP contribution in [0, 0.1) is 0 Å².